The summed E-state index contributed by atoms with van der Waals surface area (Å²) in [5, 5.41) is 3.62. The zero-order valence-electron chi connectivity index (χ0n) is 13.3. The Kier molecular flexibility index (Phi) is 9.64. The normalized spacial score (nSPS) is 15.3. The molecule has 0 aliphatic rings. The molecule has 0 amide bonds. The molecule has 0 saturated heterocycles. The van der Waals surface area contributed by atoms with E-state index in [1.165, 1.54) is 6.42 Å². The molecule has 0 aliphatic carbocycles. The highest BCUT2D eigenvalue weighted by Crippen LogP contribution is 2.14. The summed E-state index contributed by atoms with van der Waals surface area (Å²) in [7, 11) is 8.38. The third-order valence-electron chi connectivity index (χ3n) is 3.37. The van der Waals surface area contributed by atoms with Crippen molar-refractivity contribution in [2.75, 3.05) is 61.0 Å². The molecule has 0 fully saturated rings. The fourth-order valence-electron chi connectivity index (χ4n) is 1.63. The van der Waals surface area contributed by atoms with Crippen LogP contribution in [0.2, 0.25) is 0 Å². The van der Waals surface area contributed by atoms with E-state index in [-0.39, 0.29) is 5.54 Å². The highest BCUT2D eigenvalue weighted by molar-refractivity contribution is 4.82. The lowest BCUT2D eigenvalue weighted by Crippen LogP contribution is -2.45. The van der Waals surface area contributed by atoms with E-state index >= 15 is 0 Å². The lowest BCUT2D eigenvalue weighted by atomic mass is 9.94. The average Bonchev–Trinajstić information content (AvgIpc) is 2.31. The van der Waals surface area contributed by atoms with Crippen LogP contribution in [0.4, 0.5) is 0 Å². The van der Waals surface area contributed by atoms with Crippen LogP contribution >= 0.6 is 0 Å². The van der Waals surface area contributed by atoms with Crippen LogP contribution in [0.1, 0.15) is 26.7 Å². The first-order valence-electron chi connectivity index (χ1n) is 7.02. The second-order valence-electron chi connectivity index (χ2n) is 5.81. The van der Waals surface area contributed by atoms with Crippen LogP contribution < -0.4 is 5.32 Å². The van der Waals surface area contributed by atoms with Gasteiger partial charge in [-0.05, 0) is 54.5 Å². The predicted octanol–water partition coefficient (Wildman–Crippen LogP) is 1.27. The molecule has 0 spiro atoms. The minimum absolute atomic E-state index is 0.231. The second kappa shape index (κ2) is 9.73. The van der Waals surface area contributed by atoms with Gasteiger partial charge < -0.3 is 19.9 Å². The Labute approximate surface area is 114 Å². The molecule has 0 rings (SSSR count). The van der Waals surface area contributed by atoms with Crippen molar-refractivity contribution in [3.8, 4) is 0 Å². The van der Waals surface area contributed by atoms with E-state index in [1.807, 2.05) is 0 Å². The molecular weight excluding hydrogens is 226 g/mol. The Balaban J connectivity index is 3.65. The van der Waals surface area contributed by atoms with Crippen molar-refractivity contribution >= 4 is 0 Å². The van der Waals surface area contributed by atoms with E-state index in [9.17, 15) is 0 Å². The number of ether oxygens (including phenoxy) is 1. The highest BCUT2D eigenvalue weighted by Gasteiger charge is 2.20. The molecule has 0 heterocycles. The first-order chi connectivity index (χ1) is 8.39. The molecule has 0 bridgehead atoms. The Morgan fingerprint density at radius 2 is 1.61 bits per heavy atom. The van der Waals surface area contributed by atoms with Crippen molar-refractivity contribution < 1.29 is 4.74 Å². The van der Waals surface area contributed by atoms with Crippen molar-refractivity contribution in [1.82, 2.24) is 15.1 Å². The summed E-state index contributed by atoms with van der Waals surface area (Å²) in [5.74, 6) is 0. The van der Waals surface area contributed by atoms with Crippen molar-refractivity contribution in [2.45, 2.75) is 32.2 Å². The lowest BCUT2D eigenvalue weighted by molar-refractivity contribution is 0.112. The summed E-state index contributed by atoms with van der Waals surface area (Å²) >= 11 is 0. The van der Waals surface area contributed by atoms with Gasteiger partial charge in [-0.25, -0.2) is 0 Å². The van der Waals surface area contributed by atoms with Gasteiger partial charge in [0.05, 0.1) is 13.2 Å². The van der Waals surface area contributed by atoms with E-state index in [0.717, 1.165) is 39.3 Å². The quantitative estimate of drug-likeness (QED) is 0.566. The molecule has 0 aliphatic heterocycles. The fraction of sp³-hybridized carbons (Fsp3) is 1.00. The minimum atomic E-state index is 0.231. The fourth-order valence-corrected chi connectivity index (χ4v) is 1.63. The van der Waals surface area contributed by atoms with Crippen LogP contribution in [-0.4, -0.2) is 76.4 Å². The number of rotatable bonds is 11. The average molecular weight is 259 g/mol. The largest absolute Gasteiger partial charge is 0.379 e. The molecule has 0 aromatic heterocycles. The second-order valence-corrected chi connectivity index (χ2v) is 5.81. The molecule has 18 heavy (non-hydrogen) atoms. The van der Waals surface area contributed by atoms with Gasteiger partial charge in [0.1, 0.15) is 0 Å². The van der Waals surface area contributed by atoms with E-state index in [4.69, 9.17) is 4.74 Å². The highest BCUT2D eigenvalue weighted by atomic mass is 16.5. The molecule has 1 N–H and O–H groups in total. The van der Waals surface area contributed by atoms with Gasteiger partial charge >= 0.3 is 0 Å². The van der Waals surface area contributed by atoms with Crippen LogP contribution in [0.15, 0.2) is 0 Å². The van der Waals surface area contributed by atoms with E-state index in [1.54, 1.807) is 0 Å². The van der Waals surface area contributed by atoms with Gasteiger partial charge in [-0.2, -0.15) is 0 Å². The van der Waals surface area contributed by atoms with E-state index < -0.39 is 0 Å². The molecule has 0 aromatic rings. The van der Waals surface area contributed by atoms with Crippen molar-refractivity contribution in [2.24, 2.45) is 0 Å². The van der Waals surface area contributed by atoms with Gasteiger partial charge in [-0.1, -0.05) is 6.92 Å². The smallest absolute Gasteiger partial charge is 0.0593 e. The Bertz CT molecular complexity index is 197. The number of hydrogen-bond acceptors (Lipinski definition) is 4. The summed E-state index contributed by atoms with van der Waals surface area (Å²) < 4.78 is 5.60. The van der Waals surface area contributed by atoms with Gasteiger partial charge in [-0.15, -0.1) is 0 Å². The molecule has 0 aromatic carbocycles. The van der Waals surface area contributed by atoms with Crippen molar-refractivity contribution in [3.63, 3.8) is 0 Å². The zero-order valence-corrected chi connectivity index (χ0v) is 13.3. The first kappa shape index (κ1) is 17.8. The van der Waals surface area contributed by atoms with E-state index in [0.29, 0.717) is 0 Å². The van der Waals surface area contributed by atoms with Gasteiger partial charge in [0.25, 0.3) is 0 Å². The van der Waals surface area contributed by atoms with Crippen LogP contribution in [0, 0.1) is 0 Å². The molecule has 110 valence electrons. The predicted molar refractivity (Wildman–Crippen MR) is 79.2 cm³/mol. The SMILES string of the molecule is CCC(C)(CCN(C)C)NCCOCCN(C)C. The van der Waals surface area contributed by atoms with Gasteiger partial charge in [0, 0.05) is 18.6 Å². The summed E-state index contributed by atoms with van der Waals surface area (Å²) in [6.45, 7) is 9.21. The maximum absolute atomic E-state index is 5.60. The van der Waals surface area contributed by atoms with Crippen molar-refractivity contribution in [3.05, 3.63) is 0 Å². The van der Waals surface area contributed by atoms with Gasteiger partial charge in [-0.3, -0.25) is 0 Å². The Hall–Kier alpha value is -0.160. The van der Waals surface area contributed by atoms with Crippen LogP contribution in [0.25, 0.3) is 0 Å². The monoisotopic (exact) mass is 259 g/mol. The molecule has 1 atom stereocenters. The number of likely N-dealkylation sites (N-methyl/N-ethyl adjacent to an activating group) is 1. The van der Waals surface area contributed by atoms with Crippen LogP contribution in [-0.2, 0) is 4.74 Å². The Morgan fingerprint density at radius 3 is 2.11 bits per heavy atom. The standard InChI is InChI=1S/C14H33N3O/c1-7-14(2,8-10-16(3)4)15-9-12-18-13-11-17(5)6/h15H,7-13H2,1-6H3. The number of nitrogens with zero attached hydrogens (tertiary/aromatic N) is 2. The van der Waals surface area contributed by atoms with E-state index in [2.05, 4.69) is 57.2 Å². The summed E-state index contributed by atoms with van der Waals surface area (Å²) in [4.78, 5) is 4.38. The zero-order chi connectivity index (χ0) is 14.0. The third kappa shape index (κ3) is 9.83. The maximum atomic E-state index is 5.60. The van der Waals surface area contributed by atoms with Crippen LogP contribution in [0.3, 0.4) is 0 Å². The van der Waals surface area contributed by atoms with Crippen LogP contribution in [0.5, 0.6) is 0 Å². The Morgan fingerprint density at radius 1 is 1.00 bits per heavy atom. The molecule has 0 saturated carbocycles. The molecule has 4 heteroatoms. The molecule has 1 unspecified atom stereocenters. The summed E-state index contributed by atoms with van der Waals surface area (Å²) in [6, 6.07) is 0. The molecular formula is C14H33N3O. The number of nitrogens with one attached hydrogen (secondary N) is 1. The first-order valence-corrected chi connectivity index (χ1v) is 7.02. The summed E-state index contributed by atoms with van der Waals surface area (Å²) in [5.41, 5.74) is 0.231. The summed E-state index contributed by atoms with van der Waals surface area (Å²) in [6.07, 6.45) is 2.33. The third-order valence-corrected chi connectivity index (χ3v) is 3.37. The minimum Gasteiger partial charge on any atom is -0.379 e. The lowest BCUT2D eigenvalue weighted by Gasteiger charge is -2.31. The molecule has 4 nitrogen and oxygen atoms in total. The van der Waals surface area contributed by atoms with Crippen molar-refractivity contribution in [1.29, 1.82) is 0 Å². The number of hydrogen-bond donors (Lipinski definition) is 1. The van der Waals surface area contributed by atoms with Gasteiger partial charge in [0.15, 0.2) is 0 Å². The molecule has 0 radical (unpaired) electrons. The van der Waals surface area contributed by atoms with Gasteiger partial charge in [0.2, 0.25) is 0 Å². The topological polar surface area (TPSA) is 27.7 Å². The maximum Gasteiger partial charge on any atom is 0.0593 e.